The van der Waals surface area contributed by atoms with Gasteiger partial charge in [-0.25, -0.2) is 13.6 Å². The van der Waals surface area contributed by atoms with Crippen molar-refractivity contribution in [1.29, 1.82) is 0 Å². The summed E-state index contributed by atoms with van der Waals surface area (Å²) in [6.07, 6.45) is 1.64. The van der Waals surface area contributed by atoms with Crippen LogP contribution < -0.4 is 0 Å². The van der Waals surface area contributed by atoms with Crippen molar-refractivity contribution >= 4 is 21.9 Å². The summed E-state index contributed by atoms with van der Waals surface area (Å²) in [5, 5.41) is 0. The summed E-state index contributed by atoms with van der Waals surface area (Å²) in [7, 11) is 0. The first-order valence-corrected chi connectivity index (χ1v) is 6.09. The van der Waals surface area contributed by atoms with Gasteiger partial charge in [0.05, 0.1) is 16.6 Å². The van der Waals surface area contributed by atoms with Crippen LogP contribution in [0, 0.1) is 18.6 Å². The Morgan fingerprint density at radius 3 is 2.65 bits per heavy atom. The first kappa shape index (κ1) is 14.1. The zero-order valence-corrected chi connectivity index (χ0v) is 11.2. The van der Waals surface area contributed by atoms with Gasteiger partial charge in [0, 0.05) is 5.56 Å². The zero-order chi connectivity index (χ0) is 13.0. The lowest BCUT2D eigenvalue weighted by Crippen LogP contribution is -2.10. The van der Waals surface area contributed by atoms with Crippen LogP contribution in [0.1, 0.15) is 35.7 Å². The Bertz CT molecular complexity index is 433. The Balaban J connectivity index is 2.94. The van der Waals surface area contributed by atoms with E-state index in [0.29, 0.717) is 0 Å². The Hall–Kier alpha value is -0.970. The summed E-state index contributed by atoms with van der Waals surface area (Å²) in [4.78, 5) is 11.6. The van der Waals surface area contributed by atoms with E-state index in [9.17, 15) is 13.6 Å². The van der Waals surface area contributed by atoms with Crippen LogP contribution in [-0.4, -0.2) is 12.6 Å². The molecule has 5 heteroatoms. The Labute approximate surface area is 107 Å². The summed E-state index contributed by atoms with van der Waals surface area (Å²) < 4.78 is 31.4. The van der Waals surface area contributed by atoms with Crippen molar-refractivity contribution in [1.82, 2.24) is 0 Å². The third-order valence-electron chi connectivity index (χ3n) is 2.36. The van der Waals surface area contributed by atoms with Gasteiger partial charge in [0.25, 0.3) is 0 Å². The van der Waals surface area contributed by atoms with Gasteiger partial charge in [0.2, 0.25) is 0 Å². The molecule has 0 atom stereocenters. The predicted octanol–water partition coefficient (Wildman–Crippen LogP) is 3.99. The van der Waals surface area contributed by atoms with Crippen molar-refractivity contribution in [3.8, 4) is 0 Å². The van der Waals surface area contributed by atoms with Crippen molar-refractivity contribution in [2.45, 2.75) is 26.7 Å². The summed E-state index contributed by atoms with van der Waals surface area (Å²) in [6.45, 7) is 3.60. The van der Waals surface area contributed by atoms with Gasteiger partial charge in [-0.3, -0.25) is 0 Å². The quantitative estimate of drug-likeness (QED) is 0.477. The number of hydrogen-bond donors (Lipinski definition) is 0. The summed E-state index contributed by atoms with van der Waals surface area (Å²) in [5.74, 6) is -2.65. The summed E-state index contributed by atoms with van der Waals surface area (Å²) in [6, 6.07) is 1.24. The molecule has 0 amide bonds. The van der Waals surface area contributed by atoms with Gasteiger partial charge in [0.15, 0.2) is 11.6 Å². The number of unbranched alkanes of at least 4 members (excludes halogenated alkanes) is 1. The Morgan fingerprint density at radius 2 is 2.06 bits per heavy atom. The molecule has 0 unspecified atom stereocenters. The molecule has 0 fully saturated rings. The molecule has 17 heavy (non-hydrogen) atoms. The van der Waals surface area contributed by atoms with E-state index in [1.807, 2.05) is 6.92 Å². The summed E-state index contributed by atoms with van der Waals surface area (Å²) in [5.41, 5.74) is 0.0130. The average Bonchev–Trinajstić information content (AvgIpc) is 2.31. The highest BCUT2D eigenvalue weighted by Crippen LogP contribution is 2.25. The average molecular weight is 307 g/mol. The third-order valence-corrected chi connectivity index (χ3v) is 2.93. The van der Waals surface area contributed by atoms with Crippen LogP contribution in [0.4, 0.5) is 8.78 Å². The van der Waals surface area contributed by atoms with E-state index in [0.717, 1.165) is 12.8 Å². The number of carbonyl (C=O) groups excluding carboxylic acids is 1. The lowest BCUT2D eigenvalue weighted by molar-refractivity contribution is 0.0498. The zero-order valence-electron chi connectivity index (χ0n) is 9.65. The molecule has 0 radical (unpaired) electrons. The maximum absolute atomic E-state index is 13.4. The van der Waals surface area contributed by atoms with Gasteiger partial charge < -0.3 is 4.74 Å². The second-order valence-electron chi connectivity index (χ2n) is 3.65. The number of halogens is 3. The van der Waals surface area contributed by atoms with Crippen LogP contribution in [-0.2, 0) is 4.74 Å². The Morgan fingerprint density at radius 1 is 1.41 bits per heavy atom. The van der Waals surface area contributed by atoms with Crippen LogP contribution in [0.3, 0.4) is 0 Å². The van der Waals surface area contributed by atoms with Crippen molar-refractivity contribution in [2.24, 2.45) is 0 Å². The van der Waals surface area contributed by atoms with Crippen molar-refractivity contribution < 1.29 is 18.3 Å². The molecular weight excluding hydrogens is 294 g/mol. The van der Waals surface area contributed by atoms with Gasteiger partial charge in [-0.1, -0.05) is 13.3 Å². The first-order valence-electron chi connectivity index (χ1n) is 5.30. The molecule has 1 rings (SSSR count). The van der Waals surface area contributed by atoms with E-state index in [2.05, 4.69) is 15.9 Å². The number of ether oxygens (including phenoxy) is 1. The smallest absolute Gasteiger partial charge is 0.338 e. The highest BCUT2D eigenvalue weighted by molar-refractivity contribution is 9.10. The number of rotatable bonds is 4. The molecule has 0 spiro atoms. The van der Waals surface area contributed by atoms with Crippen LogP contribution in [0.25, 0.3) is 0 Å². The van der Waals surface area contributed by atoms with Crippen molar-refractivity contribution in [3.63, 3.8) is 0 Å². The lowest BCUT2D eigenvalue weighted by atomic mass is 10.1. The monoisotopic (exact) mass is 306 g/mol. The van der Waals surface area contributed by atoms with Crippen molar-refractivity contribution in [2.75, 3.05) is 6.61 Å². The van der Waals surface area contributed by atoms with E-state index in [1.165, 1.54) is 13.0 Å². The largest absolute Gasteiger partial charge is 0.462 e. The lowest BCUT2D eigenvalue weighted by Gasteiger charge is -2.09. The highest BCUT2D eigenvalue weighted by Gasteiger charge is 2.19. The van der Waals surface area contributed by atoms with Gasteiger partial charge in [-0.2, -0.15) is 0 Å². The fourth-order valence-electron chi connectivity index (χ4n) is 1.29. The van der Waals surface area contributed by atoms with Crippen LogP contribution in [0.5, 0.6) is 0 Å². The molecule has 1 aromatic rings. The maximum Gasteiger partial charge on any atom is 0.338 e. The first-order chi connectivity index (χ1) is 7.99. The molecular formula is C12H13BrF2O2. The number of esters is 1. The Kier molecular flexibility index (Phi) is 5.05. The highest BCUT2D eigenvalue weighted by atomic mass is 79.9. The number of carbonyl (C=O) groups is 1. The topological polar surface area (TPSA) is 26.3 Å². The molecule has 2 nitrogen and oxygen atoms in total. The van der Waals surface area contributed by atoms with Gasteiger partial charge in [-0.05, 0) is 35.3 Å². The third kappa shape index (κ3) is 3.25. The molecule has 94 valence electrons. The van der Waals surface area contributed by atoms with E-state index >= 15 is 0 Å². The second kappa shape index (κ2) is 6.10. The van der Waals surface area contributed by atoms with Gasteiger partial charge >= 0.3 is 5.97 Å². The van der Waals surface area contributed by atoms with Crippen LogP contribution in [0.15, 0.2) is 10.5 Å². The standard InChI is InChI=1S/C12H13BrF2O2/c1-3-4-5-17-12(16)8-6-9(13)11(15)10(14)7(8)2/h6H,3-5H2,1-2H3. The van der Waals surface area contributed by atoms with Crippen LogP contribution in [0.2, 0.25) is 0 Å². The molecule has 0 aromatic heterocycles. The normalized spacial score (nSPS) is 10.4. The molecule has 0 aliphatic rings. The van der Waals surface area contributed by atoms with Crippen LogP contribution >= 0.6 is 15.9 Å². The summed E-state index contributed by atoms with van der Waals surface area (Å²) >= 11 is 2.86. The molecule has 0 aliphatic carbocycles. The second-order valence-corrected chi connectivity index (χ2v) is 4.50. The number of hydrogen-bond acceptors (Lipinski definition) is 2. The minimum absolute atomic E-state index is 0.0350. The van der Waals surface area contributed by atoms with Gasteiger partial charge in [-0.15, -0.1) is 0 Å². The predicted molar refractivity (Wildman–Crippen MR) is 64.0 cm³/mol. The van der Waals surface area contributed by atoms with E-state index < -0.39 is 17.6 Å². The fraction of sp³-hybridized carbons (Fsp3) is 0.417. The molecule has 0 saturated heterocycles. The fourth-order valence-corrected chi connectivity index (χ4v) is 1.69. The minimum atomic E-state index is -1.03. The molecule has 0 N–H and O–H groups in total. The molecule has 0 saturated carbocycles. The number of benzene rings is 1. The SMILES string of the molecule is CCCCOC(=O)c1cc(Br)c(F)c(F)c1C. The van der Waals surface area contributed by atoms with E-state index in [-0.39, 0.29) is 22.2 Å². The van der Waals surface area contributed by atoms with Gasteiger partial charge in [0.1, 0.15) is 0 Å². The molecule has 0 bridgehead atoms. The van der Waals surface area contributed by atoms with E-state index in [4.69, 9.17) is 4.74 Å². The minimum Gasteiger partial charge on any atom is -0.462 e. The molecule has 1 aromatic carbocycles. The van der Waals surface area contributed by atoms with Crippen molar-refractivity contribution in [3.05, 3.63) is 33.3 Å². The maximum atomic E-state index is 13.4. The molecule has 0 aliphatic heterocycles. The van der Waals surface area contributed by atoms with E-state index in [1.54, 1.807) is 0 Å². The molecule has 0 heterocycles.